The molecule has 0 atom stereocenters. The Morgan fingerprint density at radius 1 is 1.06 bits per heavy atom. The SMILES string of the molecule is O=CCCCNC(=S)Nc1ccc(-c2c3ccc(=O)cc-3oc3cc(O)ccc23)c(C(=O)O)c1. The quantitative estimate of drug-likeness (QED) is 0.134. The number of carboxylic acid groups (broad SMARTS) is 1. The lowest BCUT2D eigenvalue weighted by atomic mass is 9.90. The number of aldehydes is 1. The van der Waals surface area contributed by atoms with Gasteiger partial charge < -0.3 is 30.1 Å². The molecule has 1 aliphatic heterocycles. The van der Waals surface area contributed by atoms with Gasteiger partial charge in [-0.15, -0.1) is 0 Å². The number of unbranched alkanes of at least 4 members (excludes halogenated alkanes) is 1. The van der Waals surface area contributed by atoms with E-state index in [0.717, 1.165) is 6.29 Å². The fraction of sp³-hybridized carbons (Fsp3) is 0.120. The van der Waals surface area contributed by atoms with Crippen molar-refractivity contribution in [1.82, 2.24) is 5.32 Å². The Morgan fingerprint density at radius 3 is 2.62 bits per heavy atom. The largest absolute Gasteiger partial charge is 0.508 e. The lowest BCUT2D eigenvalue weighted by Crippen LogP contribution is -2.29. The summed E-state index contributed by atoms with van der Waals surface area (Å²) in [5, 5.41) is 26.7. The van der Waals surface area contributed by atoms with Gasteiger partial charge in [-0.1, -0.05) is 6.07 Å². The second kappa shape index (κ2) is 9.72. The fourth-order valence-corrected chi connectivity index (χ4v) is 3.95. The zero-order valence-corrected chi connectivity index (χ0v) is 18.6. The number of fused-ring (bicyclic) bond motifs is 2. The Hall–Kier alpha value is -4.24. The first-order valence-electron chi connectivity index (χ1n) is 10.4. The molecule has 2 aliphatic rings. The van der Waals surface area contributed by atoms with E-state index in [0.29, 0.717) is 57.8 Å². The molecule has 0 saturated heterocycles. The number of carbonyl (C=O) groups excluding carboxylic acids is 1. The van der Waals surface area contributed by atoms with Crippen LogP contribution in [0.25, 0.3) is 33.4 Å². The highest BCUT2D eigenvalue weighted by Crippen LogP contribution is 2.42. The van der Waals surface area contributed by atoms with Crippen molar-refractivity contribution in [3.05, 3.63) is 70.4 Å². The number of hydrogen-bond acceptors (Lipinski definition) is 6. The summed E-state index contributed by atoms with van der Waals surface area (Å²) in [6, 6.07) is 13.7. The highest BCUT2D eigenvalue weighted by Gasteiger charge is 2.22. The van der Waals surface area contributed by atoms with E-state index in [9.17, 15) is 24.6 Å². The first-order chi connectivity index (χ1) is 16.4. The molecular formula is C25H20N2O6S. The van der Waals surface area contributed by atoms with Gasteiger partial charge >= 0.3 is 5.97 Å². The second-order valence-corrected chi connectivity index (χ2v) is 7.98. The van der Waals surface area contributed by atoms with Gasteiger partial charge in [-0.2, -0.15) is 0 Å². The first-order valence-corrected chi connectivity index (χ1v) is 10.8. The Morgan fingerprint density at radius 2 is 1.85 bits per heavy atom. The number of anilines is 1. The number of carboxylic acids is 1. The molecule has 8 nitrogen and oxygen atoms in total. The summed E-state index contributed by atoms with van der Waals surface area (Å²) in [6.07, 6.45) is 1.88. The highest BCUT2D eigenvalue weighted by atomic mass is 32.1. The molecule has 0 aromatic heterocycles. The van der Waals surface area contributed by atoms with Gasteiger partial charge in [0.2, 0.25) is 0 Å². The summed E-state index contributed by atoms with van der Waals surface area (Å²) in [4.78, 5) is 34.6. The Bertz CT molecular complexity index is 1450. The summed E-state index contributed by atoms with van der Waals surface area (Å²) in [7, 11) is 0. The van der Waals surface area contributed by atoms with Gasteiger partial charge in [-0.25, -0.2) is 4.79 Å². The van der Waals surface area contributed by atoms with Crippen LogP contribution < -0.4 is 16.1 Å². The average molecular weight is 477 g/mol. The first kappa shape index (κ1) is 22.9. The average Bonchev–Trinajstić information content (AvgIpc) is 2.80. The molecule has 2 aromatic rings. The normalized spacial score (nSPS) is 10.8. The topological polar surface area (TPSA) is 129 Å². The number of aromatic carboxylic acids is 1. The maximum absolute atomic E-state index is 12.2. The van der Waals surface area contributed by atoms with Crippen molar-refractivity contribution >= 4 is 46.2 Å². The van der Waals surface area contributed by atoms with Crippen LogP contribution in [0, 0.1) is 0 Å². The number of phenols is 1. The van der Waals surface area contributed by atoms with Gasteiger partial charge in [0.1, 0.15) is 23.4 Å². The zero-order valence-electron chi connectivity index (χ0n) is 17.8. The molecule has 1 heterocycles. The highest BCUT2D eigenvalue weighted by molar-refractivity contribution is 7.80. The Labute approximate surface area is 199 Å². The Kier molecular flexibility index (Phi) is 6.55. The summed E-state index contributed by atoms with van der Waals surface area (Å²) in [6.45, 7) is 0.508. The molecule has 0 bridgehead atoms. The number of benzene rings is 3. The molecule has 4 rings (SSSR count). The van der Waals surface area contributed by atoms with Gasteiger partial charge in [-0.05, 0) is 60.6 Å². The maximum atomic E-state index is 12.2. The van der Waals surface area contributed by atoms with Crippen molar-refractivity contribution in [1.29, 1.82) is 0 Å². The van der Waals surface area contributed by atoms with E-state index in [1.165, 1.54) is 30.3 Å². The number of rotatable bonds is 7. The number of nitrogens with one attached hydrogen (secondary N) is 2. The van der Waals surface area contributed by atoms with Gasteiger partial charge in [0, 0.05) is 47.3 Å². The molecule has 0 fully saturated rings. The maximum Gasteiger partial charge on any atom is 0.336 e. The lowest BCUT2D eigenvalue weighted by molar-refractivity contribution is -0.107. The summed E-state index contributed by atoms with van der Waals surface area (Å²) in [5.41, 5.74) is 2.09. The van der Waals surface area contributed by atoms with Crippen LogP contribution >= 0.6 is 12.2 Å². The van der Waals surface area contributed by atoms with Crippen molar-refractivity contribution in [3.8, 4) is 28.2 Å². The van der Waals surface area contributed by atoms with Crippen LogP contribution in [0.3, 0.4) is 0 Å². The lowest BCUT2D eigenvalue weighted by Gasteiger charge is -2.18. The van der Waals surface area contributed by atoms with E-state index in [1.807, 2.05) is 0 Å². The minimum atomic E-state index is -1.15. The van der Waals surface area contributed by atoms with Crippen LogP contribution in [-0.4, -0.2) is 34.1 Å². The van der Waals surface area contributed by atoms with Crippen LogP contribution in [-0.2, 0) is 4.79 Å². The van der Waals surface area contributed by atoms with Crippen molar-refractivity contribution in [3.63, 3.8) is 0 Å². The molecule has 2 aromatic carbocycles. The third kappa shape index (κ3) is 4.74. The molecule has 9 heteroatoms. The molecule has 0 unspecified atom stereocenters. The molecule has 0 amide bonds. The predicted molar refractivity (Wildman–Crippen MR) is 133 cm³/mol. The molecule has 0 saturated carbocycles. The van der Waals surface area contributed by atoms with Crippen LogP contribution in [0.4, 0.5) is 5.69 Å². The number of thiocarbonyl (C=S) groups is 1. The molecule has 4 N–H and O–H groups in total. The Balaban J connectivity index is 1.81. The van der Waals surface area contributed by atoms with E-state index in [1.54, 1.807) is 24.3 Å². The van der Waals surface area contributed by atoms with Gasteiger partial charge in [-0.3, -0.25) is 4.79 Å². The zero-order chi connectivity index (χ0) is 24.2. The molecule has 34 heavy (non-hydrogen) atoms. The van der Waals surface area contributed by atoms with Gasteiger partial charge in [0.05, 0.1) is 5.56 Å². The van der Waals surface area contributed by atoms with Crippen molar-refractivity contribution < 1.29 is 24.2 Å². The number of aromatic hydroxyl groups is 1. The fourth-order valence-electron chi connectivity index (χ4n) is 3.73. The van der Waals surface area contributed by atoms with E-state index in [2.05, 4.69) is 10.6 Å². The number of carbonyl (C=O) groups is 2. The minimum absolute atomic E-state index is 0.0156. The minimum Gasteiger partial charge on any atom is -0.508 e. The van der Waals surface area contributed by atoms with Crippen LogP contribution in [0.2, 0.25) is 0 Å². The van der Waals surface area contributed by atoms with Crippen LogP contribution in [0.1, 0.15) is 23.2 Å². The van der Waals surface area contributed by atoms with E-state index >= 15 is 0 Å². The van der Waals surface area contributed by atoms with Crippen molar-refractivity contribution in [2.24, 2.45) is 0 Å². The van der Waals surface area contributed by atoms with Crippen LogP contribution in [0.15, 0.2) is 63.8 Å². The monoisotopic (exact) mass is 476 g/mol. The third-order valence-electron chi connectivity index (χ3n) is 5.24. The second-order valence-electron chi connectivity index (χ2n) is 7.57. The smallest absolute Gasteiger partial charge is 0.336 e. The summed E-state index contributed by atoms with van der Waals surface area (Å²) < 4.78 is 5.83. The molecular weight excluding hydrogens is 456 g/mol. The van der Waals surface area contributed by atoms with Gasteiger partial charge in [0.15, 0.2) is 10.5 Å². The summed E-state index contributed by atoms with van der Waals surface area (Å²) in [5.74, 6) is -0.892. The predicted octanol–water partition coefficient (Wildman–Crippen LogP) is 4.23. The van der Waals surface area contributed by atoms with Crippen molar-refractivity contribution in [2.75, 3.05) is 11.9 Å². The third-order valence-corrected chi connectivity index (χ3v) is 5.48. The number of hydrogen-bond donors (Lipinski definition) is 4. The standard InChI is InChI=1S/C25H20N2O6S/c28-10-2-1-9-26-25(34)27-14-3-6-17(20(11-14)24(31)32)23-18-7-4-15(29)12-21(18)33-22-13-16(30)5-8-19(22)23/h3-8,10-13,29H,1-2,9H2,(H,31,32)(H2,26,27,34). The summed E-state index contributed by atoms with van der Waals surface area (Å²) >= 11 is 5.25. The van der Waals surface area contributed by atoms with Gasteiger partial charge in [0.25, 0.3) is 0 Å². The number of phenolic OH excluding ortho intramolecular Hbond substituents is 1. The molecule has 0 spiro atoms. The molecule has 172 valence electrons. The molecule has 1 aliphatic carbocycles. The van der Waals surface area contributed by atoms with E-state index in [4.69, 9.17) is 16.6 Å². The molecule has 0 radical (unpaired) electrons. The van der Waals surface area contributed by atoms with Crippen LogP contribution in [0.5, 0.6) is 5.75 Å². The van der Waals surface area contributed by atoms with E-state index in [-0.39, 0.29) is 22.5 Å². The van der Waals surface area contributed by atoms with E-state index < -0.39 is 5.97 Å². The van der Waals surface area contributed by atoms with Crippen molar-refractivity contribution in [2.45, 2.75) is 12.8 Å².